The molecule has 1 heterocycles. The molecule has 1 aliphatic rings. The fraction of sp³-hybridized carbons (Fsp3) is 0.182. The summed E-state index contributed by atoms with van der Waals surface area (Å²) in [6.45, 7) is 1.26. The number of amides is 3. The van der Waals surface area contributed by atoms with Crippen LogP contribution < -0.4 is 16.0 Å². The number of benzene rings is 1. The van der Waals surface area contributed by atoms with Gasteiger partial charge in [-0.05, 0) is 6.07 Å². The first kappa shape index (κ1) is 13.2. The van der Waals surface area contributed by atoms with Gasteiger partial charge in [-0.3, -0.25) is 14.4 Å². The minimum absolute atomic E-state index is 0.0351. The molecule has 0 saturated carbocycles. The number of fused-ring (bicyclic) bond motifs is 1. The van der Waals surface area contributed by atoms with Crippen molar-refractivity contribution < 1.29 is 19.5 Å². The Morgan fingerprint density at radius 2 is 1.89 bits per heavy atom. The highest BCUT2D eigenvalue weighted by molar-refractivity contribution is 6.36. The lowest BCUT2D eigenvalue weighted by molar-refractivity contribution is -0.123. The van der Waals surface area contributed by atoms with E-state index < -0.39 is 17.7 Å². The van der Waals surface area contributed by atoms with Crippen LogP contribution in [0.1, 0.15) is 13.3 Å². The van der Waals surface area contributed by atoms with Gasteiger partial charge in [-0.1, -0.05) is 11.6 Å². The van der Waals surface area contributed by atoms with Gasteiger partial charge >= 0.3 is 0 Å². The van der Waals surface area contributed by atoms with Gasteiger partial charge in [0.05, 0.1) is 16.4 Å². The maximum Gasteiger partial charge on any atom is 0.233 e. The predicted molar refractivity (Wildman–Crippen MR) is 69.3 cm³/mol. The van der Waals surface area contributed by atoms with Gasteiger partial charge in [-0.15, -0.1) is 0 Å². The van der Waals surface area contributed by atoms with Crippen molar-refractivity contribution in [3.05, 3.63) is 11.1 Å². The average molecular weight is 284 g/mol. The molecule has 0 atom stereocenters. The highest BCUT2D eigenvalue weighted by Crippen LogP contribution is 2.44. The van der Waals surface area contributed by atoms with Gasteiger partial charge in [0.25, 0.3) is 0 Å². The number of carbonyl (C=O) groups is 3. The van der Waals surface area contributed by atoms with Gasteiger partial charge in [-0.2, -0.15) is 0 Å². The standard InChI is InChI=1S/C11H10ClN3O4/c1-4(16)13-6-2-5(12)9-10(11(6)19)15-8(18)3-7(17)14-9/h2,19H,3H2,1H3,(H,13,16)(H,14,17)(H,15,18). The maximum atomic E-state index is 11.4. The van der Waals surface area contributed by atoms with E-state index in [0.717, 1.165) is 0 Å². The van der Waals surface area contributed by atoms with Gasteiger partial charge in [0.2, 0.25) is 17.7 Å². The number of aromatic hydroxyl groups is 1. The third-order valence-corrected chi connectivity index (χ3v) is 2.71. The summed E-state index contributed by atoms with van der Waals surface area (Å²) in [5.74, 6) is -1.90. The van der Waals surface area contributed by atoms with Crippen molar-refractivity contribution in [3.8, 4) is 5.75 Å². The third kappa shape index (κ3) is 2.60. The van der Waals surface area contributed by atoms with Crippen molar-refractivity contribution in [3.63, 3.8) is 0 Å². The zero-order valence-corrected chi connectivity index (χ0v) is 10.6. The molecule has 4 N–H and O–H groups in total. The van der Waals surface area contributed by atoms with Crippen molar-refractivity contribution in [2.75, 3.05) is 16.0 Å². The van der Waals surface area contributed by atoms with Crippen LogP contribution in [-0.2, 0) is 14.4 Å². The van der Waals surface area contributed by atoms with E-state index in [1.54, 1.807) is 0 Å². The van der Waals surface area contributed by atoms with Crippen molar-refractivity contribution in [2.45, 2.75) is 13.3 Å². The van der Waals surface area contributed by atoms with E-state index in [-0.39, 0.29) is 34.3 Å². The summed E-state index contributed by atoms with van der Waals surface area (Å²) in [5, 5.41) is 17.2. The van der Waals surface area contributed by atoms with Gasteiger partial charge < -0.3 is 21.1 Å². The highest BCUT2D eigenvalue weighted by Gasteiger charge is 2.25. The molecule has 0 bridgehead atoms. The van der Waals surface area contributed by atoms with Gasteiger partial charge in [-0.25, -0.2) is 0 Å². The number of anilines is 3. The van der Waals surface area contributed by atoms with E-state index in [2.05, 4.69) is 16.0 Å². The van der Waals surface area contributed by atoms with Crippen LogP contribution in [-0.4, -0.2) is 22.8 Å². The summed E-state index contributed by atoms with van der Waals surface area (Å²) in [4.78, 5) is 33.8. The number of hydrogen-bond donors (Lipinski definition) is 4. The summed E-state index contributed by atoms with van der Waals surface area (Å²) in [5.41, 5.74) is 0.115. The van der Waals surface area contributed by atoms with Crippen LogP contribution >= 0.6 is 11.6 Å². The molecule has 0 fully saturated rings. The molecule has 19 heavy (non-hydrogen) atoms. The van der Waals surface area contributed by atoms with Crippen LogP contribution in [0.15, 0.2) is 6.07 Å². The van der Waals surface area contributed by atoms with Gasteiger partial charge in [0, 0.05) is 6.92 Å². The molecular weight excluding hydrogens is 274 g/mol. The Morgan fingerprint density at radius 3 is 2.47 bits per heavy atom. The monoisotopic (exact) mass is 283 g/mol. The Balaban J connectivity index is 2.58. The van der Waals surface area contributed by atoms with Crippen molar-refractivity contribution in [1.82, 2.24) is 0 Å². The molecule has 0 aromatic heterocycles. The minimum atomic E-state index is -0.581. The first-order valence-electron chi connectivity index (χ1n) is 5.31. The van der Waals surface area contributed by atoms with E-state index >= 15 is 0 Å². The summed E-state index contributed by atoms with van der Waals surface area (Å²) in [6, 6.07) is 1.29. The van der Waals surface area contributed by atoms with E-state index in [1.807, 2.05) is 0 Å². The van der Waals surface area contributed by atoms with Crippen LogP contribution in [0.5, 0.6) is 5.75 Å². The van der Waals surface area contributed by atoms with Crippen molar-refractivity contribution in [1.29, 1.82) is 0 Å². The first-order valence-corrected chi connectivity index (χ1v) is 5.69. The molecule has 2 rings (SSSR count). The lowest BCUT2D eigenvalue weighted by Crippen LogP contribution is -2.16. The normalized spacial score (nSPS) is 14.0. The predicted octanol–water partition coefficient (Wildman–Crippen LogP) is 1.28. The topological polar surface area (TPSA) is 108 Å². The Bertz CT molecular complexity index is 600. The molecule has 0 spiro atoms. The number of phenols is 1. The number of carbonyl (C=O) groups excluding carboxylic acids is 3. The van der Waals surface area contributed by atoms with E-state index in [1.165, 1.54) is 13.0 Å². The smallest absolute Gasteiger partial charge is 0.233 e. The molecule has 100 valence electrons. The summed E-state index contributed by atoms with van der Waals surface area (Å²) in [6.07, 6.45) is -0.375. The molecule has 1 aromatic carbocycles. The summed E-state index contributed by atoms with van der Waals surface area (Å²) < 4.78 is 0. The number of halogens is 1. The lowest BCUT2D eigenvalue weighted by atomic mass is 10.2. The van der Waals surface area contributed by atoms with Crippen LogP contribution in [0, 0.1) is 0 Å². The van der Waals surface area contributed by atoms with Crippen LogP contribution in [0.4, 0.5) is 17.1 Å². The zero-order valence-electron chi connectivity index (χ0n) is 9.83. The number of rotatable bonds is 1. The molecule has 0 saturated heterocycles. The first-order chi connectivity index (χ1) is 8.88. The van der Waals surface area contributed by atoms with Gasteiger partial charge in [0.15, 0.2) is 5.75 Å². The van der Waals surface area contributed by atoms with Crippen LogP contribution in [0.25, 0.3) is 0 Å². The molecule has 1 aromatic rings. The number of nitrogens with one attached hydrogen (secondary N) is 3. The second-order valence-corrected chi connectivity index (χ2v) is 4.37. The third-order valence-electron chi connectivity index (χ3n) is 2.41. The minimum Gasteiger partial charge on any atom is -0.504 e. The number of phenolic OH excluding ortho intramolecular Hbond substituents is 1. The molecule has 0 aliphatic carbocycles. The van der Waals surface area contributed by atoms with Crippen LogP contribution in [0.3, 0.4) is 0 Å². The van der Waals surface area contributed by atoms with Crippen molar-refractivity contribution in [2.24, 2.45) is 0 Å². The highest BCUT2D eigenvalue weighted by atomic mass is 35.5. The molecule has 0 radical (unpaired) electrons. The Hall–Kier alpha value is -2.28. The Morgan fingerprint density at radius 1 is 1.32 bits per heavy atom. The van der Waals surface area contributed by atoms with Gasteiger partial charge in [0.1, 0.15) is 12.1 Å². The molecule has 7 nitrogen and oxygen atoms in total. The average Bonchev–Trinajstić information content (AvgIpc) is 2.43. The second kappa shape index (κ2) is 4.77. The zero-order chi connectivity index (χ0) is 14.2. The number of hydrogen-bond acceptors (Lipinski definition) is 4. The fourth-order valence-corrected chi connectivity index (χ4v) is 1.93. The lowest BCUT2D eigenvalue weighted by Gasteiger charge is -2.15. The largest absolute Gasteiger partial charge is 0.504 e. The Kier molecular flexibility index (Phi) is 3.30. The van der Waals surface area contributed by atoms with Crippen LogP contribution in [0.2, 0.25) is 5.02 Å². The maximum absolute atomic E-state index is 11.4. The molecule has 3 amide bonds. The molecule has 1 aliphatic heterocycles. The second-order valence-electron chi connectivity index (χ2n) is 3.96. The van der Waals surface area contributed by atoms with E-state index in [0.29, 0.717) is 0 Å². The fourth-order valence-electron chi connectivity index (χ4n) is 1.68. The SMILES string of the molecule is CC(=O)Nc1cc(Cl)c2c(c1O)NC(=O)CC(=O)N2. The molecule has 8 heteroatoms. The van der Waals surface area contributed by atoms with Crippen molar-refractivity contribution >= 4 is 46.4 Å². The summed E-state index contributed by atoms with van der Waals surface area (Å²) in [7, 11) is 0. The Labute approximate surface area is 112 Å². The summed E-state index contributed by atoms with van der Waals surface area (Å²) >= 11 is 5.96. The van der Waals surface area contributed by atoms with E-state index in [4.69, 9.17) is 11.6 Å². The quantitative estimate of drug-likeness (QED) is 0.460. The molecule has 0 unspecified atom stereocenters. The van der Waals surface area contributed by atoms with E-state index in [9.17, 15) is 19.5 Å². The molecular formula is C11H10ClN3O4.